The van der Waals surface area contributed by atoms with E-state index in [2.05, 4.69) is 63.6 Å². The summed E-state index contributed by atoms with van der Waals surface area (Å²) in [4.78, 5) is 2.57. The molecule has 2 atom stereocenters. The quantitative estimate of drug-likeness (QED) is 0.925. The van der Waals surface area contributed by atoms with E-state index < -0.39 is 0 Å². The Hall–Kier alpha value is -0.390. The minimum atomic E-state index is 0.558. The first-order chi connectivity index (χ1) is 9.02. The van der Waals surface area contributed by atoms with Crippen LogP contribution in [0.2, 0.25) is 0 Å². The lowest BCUT2D eigenvalue weighted by Gasteiger charge is -2.28. The molecular formula is C14H25BrN4. The van der Waals surface area contributed by atoms with Gasteiger partial charge in [-0.1, -0.05) is 0 Å². The second-order valence-corrected chi connectivity index (χ2v) is 6.38. The standard InChI is InChI=1S/C14H25BrN4/c1-5-19-13(14(15)12(4)17-19)9-18-8-10(2)16-7-6-11(18)3/h10-11,16H,5-9H2,1-4H3. The van der Waals surface area contributed by atoms with Crippen molar-refractivity contribution < 1.29 is 0 Å². The zero-order valence-corrected chi connectivity index (χ0v) is 14.0. The lowest BCUT2D eigenvalue weighted by molar-refractivity contribution is 0.193. The monoisotopic (exact) mass is 328 g/mol. The van der Waals surface area contributed by atoms with Gasteiger partial charge in [0.2, 0.25) is 0 Å². The molecule has 1 aliphatic rings. The zero-order chi connectivity index (χ0) is 14.0. The maximum Gasteiger partial charge on any atom is 0.0739 e. The van der Waals surface area contributed by atoms with Gasteiger partial charge < -0.3 is 5.32 Å². The van der Waals surface area contributed by atoms with Gasteiger partial charge in [-0.2, -0.15) is 5.10 Å². The Bertz CT molecular complexity index is 429. The highest BCUT2D eigenvalue weighted by Gasteiger charge is 2.23. The maximum atomic E-state index is 4.59. The molecule has 0 amide bonds. The second-order valence-electron chi connectivity index (χ2n) is 5.58. The van der Waals surface area contributed by atoms with E-state index in [0.717, 1.165) is 31.9 Å². The smallest absolute Gasteiger partial charge is 0.0739 e. The number of nitrogens with zero attached hydrogens (tertiary/aromatic N) is 3. The molecule has 1 aliphatic heterocycles. The van der Waals surface area contributed by atoms with Crippen molar-refractivity contribution in [2.45, 2.75) is 59.3 Å². The first-order valence-corrected chi connectivity index (χ1v) is 8.01. The van der Waals surface area contributed by atoms with E-state index in [0.29, 0.717) is 12.1 Å². The fourth-order valence-electron chi connectivity index (χ4n) is 2.75. The van der Waals surface area contributed by atoms with Crippen LogP contribution in [0.5, 0.6) is 0 Å². The molecule has 0 spiro atoms. The summed E-state index contributed by atoms with van der Waals surface area (Å²) in [5, 5.41) is 8.15. The van der Waals surface area contributed by atoms with E-state index >= 15 is 0 Å². The highest BCUT2D eigenvalue weighted by molar-refractivity contribution is 9.10. The van der Waals surface area contributed by atoms with Crippen LogP contribution in [-0.4, -0.2) is 39.9 Å². The Kier molecular flexibility index (Phi) is 5.03. The van der Waals surface area contributed by atoms with Crippen LogP contribution in [0, 0.1) is 6.92 Å². The molecule has 2 rings (SSSR count). The van der Waals surface area contributed by atoms with Crippen molar-refractivity contribution in [2.24, 2.45) is 0 Å². The van der Waals surface area contributed by atoms with E-state index in [1.165, 1.54) is 16.6 Å². The van der Waals surface area contributed by atoms with Crippen LogP contribution in [0.25, 0.3) is 0 Å². The number of halogens is 1. The molecule has 5 heteroatoms. The number of aryl methyl sites for hydroxylation is 2. The van der Waals surface area contributed by atoms with Crippen LogP contribution >= 0.6 is 15.9 Å². The highest BCUT2D eigenvalue weighted by Crippen LogP contribution is 2.24. The van der Waals surface area contributed by atoms with E-state index in [-0.39, 0.29) is 0 Å². The van der Waals surface area contributed by atoms with Crippen molar-refractivity contribution in [1.29, 1.82) is 0 Å². The molecule has 0 aromatic carbocycles. The summed E-state index contributed by atoms with van der Waals surface area (Å²) in [5.41, 5.74) is 2.39. The topological polar surface area (TPSA) is 33.1 Å². The third kappa shape index (κ3) is 3.38. The molecule has 1 saturated heterocycles. The summed E-state index contributed by atoms with van der Waals surface area (Å²) in [6.45, 7) is 12.9. The number of nitrogens with one attached hydrogen (secondary N) is 1. The lowest BCUT2D eigenvalue weighted by Crippen LogP contribution is -2.38. The molecule has 108 valence electrons. The Morgan fingerprint density at radius 1 is 1.42 bits per heavy atom. The number of hydrogen-bond donors (Lipinski definition) is 1. The summed E-state index contributed by atoms with van der Waals surface area (Å²) >= 11 is 3.70. The SMILES string of the molecule is CCn1nc(C)c(Br)c1CN1CC(C)NCCC1C. The Labute approximate surface area is 124 Å². The number of aromatic nitrogens is 2. The molecule has 2 unspecified atom stereocenters. The average molecular weight is 329 g/mol. The van der Waals surface area contributed by atoms with Crippen molar-refractivity contribution in [3.05, 3.63) is 15.9 Å². The molecule has 0 bridgehead atoms. The summed E-state index contributed by atoms with van der Waals surface area (Å²) in [5.74, 6) is 0. The first kappa shape index (κ1) is 15.0. The Morgan fingerprint density at radius 3 is 2.84 bits per heavy atom. The van der Waals surface area contributed by atoms with Crippen LogP contribution in [0.4, 0.5) is 0 Å². The molecule has 1 N–H and O–H groups in total. The molecular weight excluding hydrogens is 304 g/mol. The maximum absolute atomic E-state index is 4.59. The van der Waals surface area contributed by atoms with Crippen molar-refractivity contribution in [2.75, 3.05) is 13.1 Å². The van der Waals surface area contributed by atoms with Crippen LogP contribution in [-0.2, 0) is 13.1 Å². The summed E-state index contributed by atoms with van der Waals surface area (Å²) in [6, 6.07) is 1.17. The van der Waals surface area contributed by atoms with Gasteiger partial charge in [0.15, 0.2) is 0 Å². The van der Waals surface area contributed by atoms with Gasteiger partial charge in [-0.25, -0.2) is 0 Å². The molecule has 2 heterocycles. The van der Waals surface area contributed by atoms with Crippen molar-refractivity contribution in [1.82, 2.24) is 20.0 Å². The molecule has 1 fully saturated rings. The van der Waals surface area contributed by atoms with Gasteiger partial charge >= 0.3 is 0 Å². The van der Waals surface area contributed by atoms with E-state index in [9.17, 15) is 0 Å². The fourth-order valence-corrected chi connectivity index (χ4v) is 3.16. The minimum Gasteiger partial charge on any atom is -0.313 e. The van der Waals surface area contributed by atoms with Crippen molar-refractivity contribution in [3.8, 4) is 0 Å². The summed E-state index contributed by atoms with van der Waals surface area (Å²) in [6.07, 6.45) is 1.21. The second kappa shape index (κ2) is 6.37. The van der Waals surface area contributed by atoms with E-state index in [4.69, 9.17) is 0 Å². The van der Waals surface area contributed by atoms with Gasteiger partial charge in [-0.05, 0) is 56.6 Å². The van der Waals surface area contributed by atoms with Gasteiger partial charge in [0.05, 0.1) is 15.9 Å². The highest BCUT2D eigenvalue weighted by atomic mass is 79.9. The van der Waals surface area contributed by atoms with Crippen molar-refractivity contribution in [3.63, 3.8) is 0 Å². The van der Waals surface area contributed by atoms with Crippen LogP contribution in [0.3, 0.4) is 0 Å². The third-order valence-corrected chi connectivity index (χ3v) is 5.02. The summed E-state index contributed by atoms with van der Waals surface area (Å²) < 4.78 is 3.29. The van der Waals surface area contributed by atoms with Crippen LogP contribution < -0.4 is 5.32 Å². The number of rotatable bonds is 3. The Balaban J connectivity index is 2.19. The third-order valence-electron chi connectivity index (χ3n) is 3.99. The fraction of sp³-hybridized carbons (Fsp3) is 0.786. The molecule has 1 aromatic rings. The van der Waals surface area contributed by atoms with Gasteiger partial charge in [0, 0.05) is 31.7 Å². The lowest BCUT2D eigenvalue weighted by atomic mass is 10.2. The molecule has 4 nitrogen and oxygen atoms in total. The summed E-state index contributed by atoms with van der Waals surface area (Å²) in [7, 11) is 0. The molecule has 0 aliphatic carbocycles. The predicted octanol–water partition coefficient (Wildman–Crippen LogP) is 2.55. The molecule has 0 radical (unpaired) electrons. The number of hydrogen-bond acceptors (Lipinski definition) is 3. The van der Waals surface area contributed by atoms with Crippen molar-refractivity contribution >= 4 is 15.9 Å². The van der Waals surface area contributed by atoms with Gasteiger partial charge in [0.1, 0.15) is 0 Å². The zero-order valence-electron chi connectivity index (χ0n) is 12.4. The molecule has 1 aromatic heterocycles. The largest absolute Gasteiger partial charge is 0.313 e. The van der Waals surface area contributed by atoms with E-state index in [1.807, 2.05) is 0 Å². The normalized spacial score (nSPS) is 25.5. The minimum absolute atomic E-state index is 0.558. The van der Waals surface area contributed by atoms with Gasteiger partial charge in [-0.15, -0.1) is 0 Å². The van der Waals surface area contributed by atoms with Crippen LogP contribution in [0.15, 0.2) is 4.47 Å². The van der Waals surface area contributed by atoms with Crippen LogP contribution in [0.1, 0.15) is 38.6 Å². The first-order valence-electron chi connectivity index (χ1n) is 7.22. The van der Waals surface area contributed by atoms with Gasteiger partial charge in [-0.3, -0.25) is 9.58 Å². The van der Waals surface area contributed by atoms with E-state index in [1.54, 1.807) is 0 Å². The predicted molar refractivity (Wildman–Crippen MR) is 82.3 cm³/mol. The molecule has 0 saturated carbocycles. The van der Waals surface area contributed by atoms with Gasteiger partial charge in [0.25, 0.3) is 0 Å². The average Bonchev–Trinajstić information content (AvgIpc) is 2.54. The Morgan fingerprint density at radius 2 is 2.16 bits per heavy atom. The molecule has 19 heavy (non-hydrogen) atoms.